The number of hydrogen-bond acceptors (Lipinski definition) is 3. The fourth-order valence-corrected chi connectivity index (χ4v) is 1.51. The third-order valence-corrected chi connectivity index (χ3v) is 2.37. The Balaban J connectivity index is 2.83. The number of nitrogens with one attached hydrogen (secondary N) is 1. The first kappa shape index (κ1) is 12.5. The molecule has 0 aliphatic heterocycles. The van der Waals surface area contributed by atoms with Gasteiger partial charge in [0.05, 0.1) is 6.07 Å². The van der Waals surface area contributed by atoms with Gasteiger partial charge in [0.2, 0.25) is 0 Å². The van der Waals surface area contributed by atoms with Gasteiger partial charge in [-0.25, -0.2) is 0 Å². The van der Waals surface area contributed by atoms with E-state index in [-0.39, 0.29) is 6.04 Å². The minimum atomic E-state index is -0.226. The van der Waals surface area contributed by atoms with Crippen LogP contribution in [0.15, 0.2) is 24.3 Å². The van der Waals surface area contributed by atoms with Gasteiger partial charge in [0.25, 0.3) is 0 Å². The van der Waals surface area contributed by atoms with Gasteiger partial charge in [-0.15, -0.1) is 0 Å². The number of hydrogen-bond donors (Lipinski definition) is 1. The normalized spacial score (nSPS) is 12.2. The molecule has 1 aromatic carbocycles. The monoisotopic (exact) mass is 217 g/mol. The maximum Gasteiger partial charge on any atom is 0.121 e. The van der Waals surface area contributed by atoms with E-state index in [0.717, 1.165) is 11.3 Å². The predicted molar refractivity (Wildman–Crippen MR) is 67.4 cm³/mol. The zero-order valence-electron chi connectivity index (χ0n) is 10.4. The highest BCUT2D eigenvalue weighted by atomic mass is 15.1. The molecule has 0 heterocycles. The van der Waals surface area contributed by atoms with Crippen molar-refractivity contribution in [3.63, 3.8) is 0 Å². The largest absolute Gasteiger partial charge is 0.378 e. The van der Waals surface area contributed by atoms with Crippen molar-refractivity contribution in [2.45, 2.75) is 25.9 Å². The number of rotatable bonds is 4. The molecular weight excluding hydrogens is 198 g/mol. The lowest BCUT2D eigenvalue weighted by atomic mass is 10.1. The van der Waals surface area contributed by atoms with E-state index in [2.05, 4.69) is 11.4 Å². The van der Waals surface area contributed by atoms with Crippen LogP contribution in [0.25, 0.3) is 0 Å². The summed E-state index contributed by atoms with van der Waals surface area (Å²) in [6.07, 6.45) is 0. The highest BCUT2D eigenvalue weighted by Gasteiger charge is 2.10. The van der Waals surface area contributed by atoms with Crippen LogP contribution in [-0.4, -0.2) is 20.1 Å². The van der Waals surface area contributed by atoms with E-state index in [9.17, 15) is 0 Å². The van der Waals surface area contributed by atoms with Crippen molar-refractivity contribution >= 4 is 5.69 Å². The van der Waals surface area contributed by atoms with Crippen LogP contribution >= 0.6 is 0 Å². The maximum absolute atomic E-state index is 9.08. The number of nitrogens with zero attached hydrogens (tertiary/aromatic N) is 2. The molecule has 0 amide bonds. The van der Waals surface area contributed by atoms with Crippen molar-refractivity contribution in [2.24, 2.45) is 0 Å². The van der Waals surface area contributed by atoms with Crippen molar-refractivity contribution in [3.05, 3.63) is 29.8 Å². The number of benzene rings is 1. The molecule has 16 heavy (non-hydrogen) atoms. The van der Waals surface area contributed by atoms with Crippen LogP contribution in [0.5, 0.6) is 0 Å². The molecule has 1 aromatic rings. The van der Waals surface area contributed by atoms with E-state index in [1.165, 1.54) is 0 Å². The summed E-state index contributed by atoms with van der Waals surface area (Å²) < 4.78 is 0. The second-order valence-electron chi connectivity index (χ2n) is 4.37. The minimum Gasteiger partial charge on any atom is -0.378 e. The average Bonchev–Trinajstić information content (AvgIpc) is 2.25. The quantitative estimate of drug-likeness (QED) is 0.841. The topological polar surface area (TPSA) is 39.1 Å². The highest BCUT2D eigenvalue weighted by Crippen LogP contribution is 2.17. The summed E-state index contributed by atoms with van der Waals surface area (Å²) in [7, 11) is 4.01. The van der Waals surface area contributed by atoms with E-state index in [1.54, 1.807) is 0 Å². The third-order valence-electron chi connectivity index (χ3n) is 2.37. The van der Waals surface area contributed by atoms with Gasteiger partial charge in [0.15, 0.2) is 0 Å². The molecule has 0 bridgehead atoms. The van der Waals surface area contributed by atoms with Crippen LogP contribution < -0.4 is 10.2 Å². The van der Waals surface area contributed by atoms with E-state index in [0.29, 0.717) is 6.04 Å². The molecule has 1 unspecified atom stereocenters. The van der Waals surface area contributed by atoms with E-state index < -0.39 is 0 Å². The summed E-state index contributed by atoms with van der Waals surface area (Å²) in [6, 6.07) is 10.4. The van der Waals surface area contributed by atoms with Gasteiger partial charge in [-0.3, -0.25) is 5.32 Å². The molecule has 1 rings (SSSR count). The molecule has 1 atom stereocenters. The Hall–Kier alpha value is -1.53. The molecule has 0 aliphatic rings. The maximum atomic E-state index is 9.08. The second-order valence-corrected chi connectivity index (χ2v) is 4.37. The van der Waals surface area contributed by atoms with Crippen molar-refractivity contribution in [2.75, 3.05) is 19.0 Å². The van der Waals surface area contributed by atoms with Crippen LogP contribution in [0, 0.1) is 11.3 Å². The van der Waals surface area contributed by atoms with Gasteiger partial charge in [-0.05, 0) is 31.5 Å². The fraction of sp³-hybridized carbons (Fsp3) is 0.462. The van der Waals surface area contributed by atoms with Crippen LogP contribution in [-0.2, 0) is 0 Å². The lowest BCUT2D eigenvalue weighted by Crippen LogP contribution is -2.27. The summed E-state index contributed by atoms with van der Waals surface area (Å²) in [5.74, 6) is 0. The van der Waals surface area contributed by atoms with Gasteiger partial charge in [0.1, 0.15) is 6.04 Å². The molecule has 0 saturated heterocycles. The first-order valence-electron chi connectivity index (χ1n) is 5.47. The van der Waals surface area contributed by atoms with Crippen molar-refractivity contribution in [1.82, 2.24) is 5.32 Å². The van der Waals surface area contributed by atoms with Crippen LogP contribution in [0.3, 0.4) is 0 Å². The zero-order chi connectivity index (χ0) is 12.1. The molecule has 0 aliphatic carbocycles. The molecule has 0 radical (unpaired) electrons. The standard InChI is InChI=1S/C13H19N3/c1-10(2)15-13(9-14)11-5-7-12(8-6-11)16(3)4/h5-8,10,13,15H,1-4H3. The molecule has 1 N–H and O–H groups in total. The molecule has 0 aromatic heterocycles. The summed E-state index contributed by atoms with van der Waals surface area (Å²) in [4.78, 5) is 2.04. The number of nitriles is 1. The molecule has 0 spiro atoms. The minimum absolute atomic E-state index is 0.226. The molecular formula is C13H19N3. The number of anilines is 1. The SMILES string of the molecule is CC(C)NC(C#N)c1ccc(N(C)C)cc1. The third kappa shape index (κ3) is 3.25. The highest BCUT2D eigenvalue weighted by molar-refractivity contribution is 5.47. The first-order chi connectivity index (χ1) is 7.54. The van der Waals surface area contributed by atoms with E-state index in [4.69, 9.17) is 5.26 Å². The Kier molecular flexibility index (Phi) is 4.33. The van der Waals surface area contributed by atoms with Crippen molar-refractivity contribution < 1.29 is 0 Å². The van der Waals surface area contributed by atoms with E-state index >= 15 is 0 Å². The Morgan fingerprint density at radius 1 is 1.19 bits per heavy atom. The predicted octanol–water partition coefficient (Wildman–Crippen LogP) is 2.32. The van der Waals surface area contributed by atoms with Crippen molar-refractivity contribution in [3.8, 4) is 6.07 Å². The molecule has 0 saturated carbocycles. The van der Waals surface area contributed by atoms with Gasteiger partial charge >= 0.3 is 0 Å². The molecule has 3 nitrogen and oxygen atoms in total. The van der Waals surface area contributed by atoms with Crippen LogP contribution in [0.4, 0.5) is 5.69 Å². The molecule has 0 fully saturated rings. The van der Waals surface area contributed by atoms with Crippen LogP contribution in [0.1, 0.15) is 25.5 Å². The summed E-state index contributed by atoms with van der Waals surface area (Å²) in [5.41, 5.74) is 2.16. The Morgan fingerprint density at radius 3 is 2.12 bits per heavy atom. The summed E-state index contributed by atoms with van der Waals surface area (Å²) in [5, 5.41) is 12.3. The van der Waals surface area contributed by atoms with Gasteiger partial charge in [-0.1, -0.05) is 12.1 Å². The first-order valence-corrected chi connectivity index (χ1v) is 5.47. The summed E-state index contributed by atoms with van der Waals surface area (Å²) >= 11 is 0. The smallest absolute Gasteiger partial charge is 0.121 e. The Bertz CT molecular complexity index is 360. The second kappa shape index (κ2) is 5.53. The van der Waals surface area contributed by atoms with Gasteiger partial charge in [-0.2, -0.15) is 5.26 Å². The zero-order valence-corrected chi connectivity index (χ0v) is 10.4. The van der Waals surface area contributed by atoms with E-state index in [1.807, 2.05) is 57.1 Å². The molecule has 3 heteroatoms. The van der Waals surface area contributed by atoms with Gasteiger partial charge in [0, 0.05) is 25.8 Å². The summed E-state index contributed by atoms with van der Waals surface area (Å²) in [6.45, 7) is 4.08. The van der Waals surface area contributed by atoms with Crippen LogP contribution in [0.2, 0.25) is 0 Å². The molecule has 86 valence electrons. The lowest BCUT2D eigenvalue weighted by Gasteiger charge is -2.17. The lowest BCUT2D eigenvalue weighted by molar-refractivity contribution is 0.546. The average molecular weight is 217 g/mol. The van der Waals surface area contributed by atoms with Gasteiger partial charge < -0.3 is 4.90 Å². The Labute approximate surface area is 97.7 Å². The van der Waals surface area contributed by atoms with Crippen molar-refractivity contribution in [1.29, 1.82) is 5.26 Å². The Morgan fingerprint density at radius 2 is 1.75 bits per heavy atom. The fourth-order valence-electron chi connectivity index (χ4n) is 1.51.